The molecule has 2 rings (SSSR count). The highest BCUT2D eigenvalue weighted by atomic mass is 35.5. The summed E-state index contributed by atoms with van der Waals surface area (Å²) in [6.07, 6.45) is 5.74. The highest BCUT2D eigenvalue weighted by Crippen LogP contribution is 2.34. The number of hydrogen-bond acceptors (Lipinski definition) is 2. The summed E-state index contributed by atoms with van der Waals surface area (Å²) in [4.78, 5) is 12.2. The minimum absolute atomic E-state index is 0.0380. The Morgan fingerprint density at radius 2 is 1.71 bits per heavy atom. The molecule has 1 atom stereocenters. The summed E-state index contributed by atoms with van der Waals surface area (Å²) in [5, 5.41) is 7.42. The molecule has 21 heavy (non-hydrogen) atoms. The van der Waals surface area contributed by atoms with Crippen molar-refractivity contribution in [2.45, 2.75) is 51.1 Å². The second-order valence-electron chi connectivity index (χ2n) is 5.45. The molecule has 2 N–H and O–H groups in total. The molecule has 0 saturated heterocycles. The maximum Gasteiger partial charge on any atom is 0.242 e. The van der Waals surface area contributed by atoms with Crippen LogP contribution in [0.1, 0.15) is 39.0 Å². The smallest absolute Gasteiger partial charge is 0.242 e. The molecule has 3 nitrogen and oxygen atoms in total. The minimum Gasteiger partial charge on any atom is -0.371 e. The van der Waals surface area contributed by atoms with Crippen LogP contribution in [0.25, 0.3) is 0 Å². The monoisotopic (exact) mass is 348 g/mol. The number of nitrogens with one attached hydrogen (secondary N) is 2. The van der Waals surface area contributed by atoms with Crippen molar-refractivity contribution in [2.24, 2.45) is 0 Å². The Labute approximate surface area is 140 Å². The van der Waals surface area contributed by atoms with Crippen molar-refractivity contribution in [1.82, 2.24) is 5.32 Å². The van der Waals surface area contributed by atoms with Crippen LogP contribution < -0.4 is 10.6 Å². The van der Waals surface area contributed by atoms with Crippen LogP contribution in [0.15, 0.2) is 12.1 Å². The molecule has 1 aromatic rings. The van der Waals surface area contributed by atoms with Gasteiger partial charge in [-0.25, -0.2) is 0 Å². The molecule has 0 spiro atoms. The van der Waals surface area contributed by atoms with Crippen molar-refractivity contribution in [1.29, 1.82) is 0 Å². The summed E-state index contributed by atoms with van der Waals surface area (Å²) in [5.41, 5.74) is 0.536. The van der Waals surface area contributed by atoms with E-state index in [1.807, 2.05) is 0 Å². The van der Waals surface area contributed by atoms with E-state index in [1.165, 1.54) is 19.3 Å². The molecule has 1 aromatic carbocycles. The van der Waals surface area contributed by atoms with Crippen molar-refractivity contribution in [3.05, 3.63) is 27.2 Å². The molecule has 0 aromatic heterocycles. The molecule has 1 saturated carbocycles. The summed E-state index contributed by atoms with van der Waals surface area (Å²) in [6.45, 7) is 1.79. The van der Waals surface area contributed by atoms with Gasteiger partial charge in [-0.3, -0.25) is 4.79 Å². The molecule has 116 valence electrons. The third-order valence-corrected chi connectivity index (χ3v) is 4.53. The highest BCUT2D eigenvalue weighted by molar-refractivity contribution is 6.41. The van der Waals surface area contributed by atoms with Gasteiger partial charge >= 0.3 is 0 Å². The Morgan fingerprint density at radius 1 is 1.14 bits per heavy atom. The molecule has 1 fully saturated rings. The molecule has 6 heteroatoms. The predicted molar refractivity (Wildman–Crippen MR) is 89.6 cm³/mol. The summed E-state index contributed by atoms with van der Waals surface area (Å²) in [5.74, 6) is -0.0380. The molecule has 0 aliphatic heterocycles. The van der Waals surface area contributed by atoms with E-state index in [2.05, 4.69) is 10.6 Å². The molecular weight excluding hydrogens is 331 g/mol. The number of carbonyl (C=O) groups is 1. The fraction of sp³-hybridized carbons (Fsp3) is 0.533. The number of amides is 1. The van der Waals surface area contributed by atoms with Gasteiger partial charge in [0.15, 0.2) is 0 Å². The minimum atomic E-state index is -0.414. The van der Waals surface area contributed by atoms with Crippen molar-refractivity contribution in [3.63, 3.8) is 0 Å². The lowest BCUT2D eigenvalue weighted by Crippen LogP contribution is -2.44. The SMILES string of the molecule is CC(Nc1c(Cl)cc(Cl)cc1Cl)C(=O)NC1CCCCC1. The van der Waals surface area contributed by atoms with Gasteiger partial charge in [0.25, 0.3) is 0 Å². The van der Waals surface area contributed by atoms with E-state index in [4.69, 9.17) is 34.8 Å². The number of hydrogen-bond donors (Lipinski definition) is 2. The maximum atomic E-state index is 12.2. The van der Waals surface area contributed by atoms with Gasteiger partial charge in [-0.2, -0.15) is 0 Å². The first-order chi connectivity index (χ1) is 9.97. The number of rotatable bonds is 4. The topological polar surface area (TPSA) is 41.1 Å². The van der Waals surface area contributed by atoms with Crippen LogP contribution in [0.3, 0.4) is 0 Å². The van der Waals surface area contributed by atoms with E-state index in [0.717, 1.165) is 12.8 Å². The quantitative estimate of drug-likeness (QED) is 0.812. The Bertz CT molecular complexity index is 493. The maximum absolute atomic E-state index is 12.2. The molecule has 0 radical (unpaired) electrons. The zero-order valence-electron chi connectivity index (χ0n) is 11.9. The number of halogens is 3. The van der Waals surface area contributed by atoms with Gasteiger partial charge in [0, 0.05) is 11.1 Å². The van der Waals surface area contributed by atoms with Crippen LogP contribution in [0.2, 0.25) is 15.1 Å². The number of carbonyl (C=O) groups excluding carboxylic acids is 1. The third kappa shape index (κ3) is 4.67. The standard InChI is InChI=1S/C15H19Cl3N2O/c1-9(15(21)20-11-5-3-2-4-6-11)19-14-12(17)7-10(16)8-13(14)18/h7-9,11,19H,2-6H2,1H3,(H,20,21). The van der Waals surface area contributed by atoms with E-state index in [1.54, 1.807) is 19.1 Å². The summed E-state index contributed by atoms with van der Waals surface area (Å²) in [7, 11) is 0. The van der Waals surface area contributed by atoms with Crippen LogP contribution >= 0.6 is 34.8 Å². The van der Waals surface area contributed by atoms with Gasteiger partial charge in [0.1, 0.15) is 6.04 Å². The fourth-order valence-corrected chi connectivity index (χ4v) is 3.46. The van der Waals surface area contributed by atoms with E-state index >= 15 is 0 Å². The van der Waals surface area contributed by atoms with Gasteiger partial charge in [-0.1, -0.05) is 54.1 Å². The normalized spacial score (nSPS) is 17.3. The Morgan fingerprint density at radius 3 is 2.29 bits per heavy atom. The van der Waals surface area contributed by atoms with Crippen LogP contribution in [-0.2, 0) is 4.79 Å². The average molecular weight is 350 g/mol. The largest absolute Gasteiger partial charge is 0.371 e. The Hall–Kier alpha value is -0.640. The Kier molecular flexibility index (Phi) is 6.03. The summed E-state index contributed by atoms with van der Waals surface area (Å²) in [6, 6.07) is 3.07. The lowest BCUT2D eigenvalue weighted by atomic mass is 9.95. The lowest BCUT2D eigenvalue weighted by molar-refractivity contribution is -0.122. The Balaban J connectivity index is 1.97. The van der Waals surface area contributed by atoms with Crippen LogP contribution in [0.5, 0.6) is 0 Å². The molecule has 1 aliphatic rings. The molecule has 0 bridgehead atoms. The third-order valence-electron chi connectivity index (χ3n) is 3.71. The van der Waals surface area contributed by atoms with Crippen molar-refractivity contribution >= 4 is 46.4 Å². The first-order valence-corrected chi connectivity index (χ1v) is 8.32. The van der Waals surface area contributed by atoms with Gasteiger partial charge in [0.05, 0.1) is 15.7 Å². The van der Waals surface area contributed by atoms with Gasteiger partial charge in [0.2, 0.25) is 5.91 Å². The van der Waals surface area contributed by atoms with E-state index in [-0.39, 0.29) is 11.9 Å². The number of benzene rings is 1. The van der Waals surface area contributed by atoms with Crippen molar-refractivity contribution in [2.75, 3.05) is 5.32 Å². The summed E-state index contributed by atoms with van der Waals surface area (Å²) >= 11 is 18.1. The predicted octanol–water partition coefficient (Wildman–Crippen LogP) is 4.90. The zero-order chi connectivity index (χ0) is 15.4. The fourth-order valence-electron chi connectivity index (χ4n) is 2.54. The summed E-state index contributed by atoms with van der Waals surface area (Å²) < 4.78 is 0. The van der Waals surface area contributed by atoms with E-state index in [0.29, 0.717) is 20.8 Å². The molecule has 1 aliphatic carbocycles. The molecular formula is C15H19Cl3N2O. The van der Waals surface area contributed by atoms with Crippen LogP contribution in [0.4, 0.5) is 5.69 Å². The van der Waals surface area contributed by atoms with Crippen molar-refractivity contribution in [3.8, 4) is 0 Å². The first kappa shape index (κ1) is 16.7. The average Bonchev–Trinajstić information content (AvgIpc) is 2.43. The van der Waals surface area contributed by atoms with Gasteiger partial charge in [-0.05, 0) is 31.9 Å². The van der Waals surface area contributed by atoms with Gasteiger partial charge in [-0.15, -0.1) is 0 Å². The molecule has 1 amide bonds. The zero-order valence-corrected chi connectivity index (χ0v) is 14.2. The van der Waals surface area contributed by atoms with Crippen LogP contribution in [-0.4, -0.2) is 18.0 Å². The molecule has 0 heterocycles. The van der Waals surface area contributed by atoms with E-state index < -0.39 is 6.04 Å². The second kappa shape index (κ2) is 7.57. The lowest BCUT2D eigenvalue weighted by Gasteiger charge is -2.25. The van der Waals surface area contributed by atoms with Crippen LogP contribution in [0, 0.1) is 0 Å². The van der Waals surface area contributed by atoms with Gasteiger partial charge < -0.3 is 10.6 Å². The highest BCUT2D eigenvalue weighted by Gasteiger charge is 2.21. The second-order valence-corrected chi connectivity index (χ2v) is 6.70. The molecule has 1 unspecified atom stereocenters. The van der Waals surface area contributed by atoms with Crippen molar-refractivity contribution < 1.29 is 4.79 Å². The number of anilines is 1. The van der Waals surface area contributed by atoms with E-state index in [9.17, 15) is 4.79 Å². The first-order valence-electron chi connectivity index (χ1n) is 7.19.